The van der Waals surface area contributed by atoms with E-state index in [1.165, 1.54) is 0 Å². The summed E-state index contributed by atoms with van der Waals surface area (Å²) < 4.78 is 5.56. The molecule has 7 nitrogen and oxygen atoms in total. The highest BCUT2D eigenvalue weighted by molar-refractivity contribution is 6.00. The van der Waals surface area contributed by atoms with Crippen molar-refractivity contribution in [2.75, 3.05) is 11.9 Å². The van der Waals surface area contributed by atoms with Crippen molar-refractivity contribution in [3.8, 4) is 0 Å². The largest absolute Gasteiger partial charge is 0.444 e. The predicted molar refractivity (Wildman–Crippen MR) is 181 cm³/mol. The number of nitrogens with one attached hydrogen (secondary N) is 2. The van der Waals surface area contributed by atoms with Crippen LogP contribution in [0.25, 0.3) is 10.8 Å². The Hall–Kier alpha value is -4.65. The van der Waals surface area contributed by atoms with Crippen LogP contribution in [-0.2, 0) is 20.7 Å². The van der Waals surface area contributed by atoms with Crippen molar-refractivity contribution in [1.29, 1.82) is 0 Å². The van der Waals surface area contributed by atoms with Gasteiger partial charge < -0.3 is 20.3 Å². The second-order valence-electron chi connectivity index (χ2n) is 12.3. The minimum absolute atomic E-state index is 0.248. The average molecular weight is 608 g/mol. The fourth-order valence-corrected chi connectivity index (χ4v) is 5.36. The highest BCUT2D eigenvalue weighted by Crippen LogP contribution is 2.27. The van der Waals surface area contributed by atoms with E-state index in [1.54, 1.807) is 25.7 Å². The lowest BCUT2D eigenvalue weighted by Gasteiger charge is -2.34. The number of benzene rings is 4. The van der Waals surface area contributed by atoms with E-state index in [2.05, 4.69) is 17.6 Å². The zero-order chi connectivity index (χ0) is 32.2. The van der Waals surface area contributed by atoms with Crippen LogP contribution >= 0.6 is 0 Å². The fourth-order valence-electron chi connectivity index (χ4n) is 5.36. The maximum Gasteiger partial charge on any atom is 0.408 e. The first-order valence-electron chi connectivity index (χ1n) is 15.8. The van der Waals surface area contributed by atoms with Crippen LogP contribution in [0.4, 0.5) is 10.5 Å². The van der Waals surface area contributed by atoms with Gasteiger partial charge in [0.1, 0.15) is 17.7 Å². The van der Waals surface area contributed by atoms with E-state index in [-0.39, 0.29) is 18.2 Å². The molecule has 7 heteroatoms. The summed E-state index contributed by atoms with van der Waals surface area (Å²) in [5, 5.41) is 7.99. The molecule has 0 saturated heterocycles. The van der Waals surface area contributed by atoms with Crippen LogP contribution in [0.3, 0.4) is 0 Å². The van der Waals surface area contributed by atoms with Gasteiger partial charge in [-0.2, -0.15) is 0 Å². The number of alkyl carbamates (subject to hydrolysis) is 1. The van der Waals surface area contributed by atoms with Gasteiger partial charge in [0, 0.05) is 18.7 Å². The zero-order valence-electron chi connectivity index (χ0n) is 26.8. The number of anilines is 1. The molecule has 0 aliphatic heterocycles. The van der Waals surface area contributed by atoms with Crippen molar-refractivity contribution in [2.24, 2.45) is 0 Å². The quantitative estimate of drug-likeness (QED) is 0.151. The molecular formula is C38H45N3O4. The molecule has 2 unspecified atom stereocenters. The smallest absolute Gasteiger partial charge is 0.408 e. The number of hydrogen-bond acceptors (Lipinski definition) is 4. The zero-order valence-corrected chi connectivity index (χ0v) is 26.8. The lowest BCUT2D eigenvalue weighted by atomic mass is 9.99. The molecule has 45 heavy (non-hydrogen) atoms. The summed E-state index contributed by atoms with van der Waals surface area (Å²) in [7, 11) is 0. The maximum atomic E-state index is 14.6. The first-order chi connectivity index (χ1) is 21.6. The van der Waals surface area contributed by atoms with Gasteiger partial charge in [-0.3, -0.25) is 9.59 Å². The normalized spacial score (nSPS) is 12.6. The summed E-state index contributed by atoms with van der Waals surface area (Å²) in [5.41, 5.74) is 1.48. The van der Waals surface area contributed by atoms with Crippen molar-refractivity contribution in [3.05, 3.63) is 114 Å². The summed E-state index contributed by atoms with van der Waals surface area (Å²) in [4.78, 5) is 43.5. The van der Waals surface area contributed by atoms with Crippen molar-refractivity contribution in [3.63, 3.8) is 0 Å². The Kier molecular flexibility index (Phi) is 11.7. The van der Waals surface area contributed by atoms with Crippen molar-refractivity contribution >= 4 is 34.4 Å². The topological polar surface area (TPSA) is 87.7 Å². The Morgan fingerprint density at radius 1 is 0.778 bits per heavy atom. The van der Waals surface area contributed by atoms with Crippen molar-refractivity contribution < 1.29 is 19.1 Å². The fraction of sp³-hybridized carbons (Fsp3) is 0.342. The van der Waals surface area contributed by atoms with Gasteiger partial charge in [0.2, 0.25) is 5.91 Å². The van der Waals surface area contributed by atoms with Crippen LogP contribution in [0.15, 0.2) is 103 Å². The predicted octanol–water partition coefficient (Wildman–Crippen LogP) is 8.06. The number of carbonyl (C=O) groups is 3. The number of amides is 3. The third kappa shape index (κ3) is 9.93. The number of hydrogen-bond donors (Lipinski definition) is 2. The van der Waals surface area contributed by atoms with Crippen LogP contribution in [0.1, 0.15) is 70.5 Å². The summed E-state index contributed by atoms with van der Waals surface area (Å²) >= 11 is 0. The first kappa shape index (κ1) is 33.2. The summed E-state index contributed by atoms with van der Waals surface area (Å²) in [5.74, 6) is -0.667. The van der Waals surface area contributed by atoms with Gasteiger partial charge in [-0.05, 0) is 61.2 Å². The minimum Gasteiger partial charge on any atom is -0.444 e. The highest BCUT2D eigenvalue weighted by Gasteiger charge is 2.36. The van der Waals surface area contributed by atoms with E-state index in [0.717, 1.165) is 42.0 Å². The number of rotatable bonds is 13. The Balaban J connectivity index is 1.72. The van der Waals surface area contributed by atoms with Gasteiger partial charge in [0.15, 0.2) is 0 Å². The highest BCUT2D eigenvalue weighted by atomic mass is 16.6. The molecule has 0 fully saturated rings. The number of carbonyl (C=O) groups excluding carboxylic acids is 3. The molecule has 3 amide bonds. The third-order valence-electron chi connectivity index (χ3n) is 7.50. The maximum absolute atomic E-state index is 14.6. The van der Waals surface area contributed by atoms with Gasteiger partial charge in [0.25, 0.3) is 5.91 Å². The number of unbranched alkanes of at least 4 members (excludes halogenated alkanes) is 3. The lowest BCUT2D eigenvalue weighted by molar-refractivity contribution is -0.140. The van der Waals surface area contributed by atoms with E-state index in [9.17, 15) is 14.4 Å². The Labute approximate surface area is 267 Å². The molecule has 0 spiro atoms. The van der Waals surface area contributed by atoms with Gasteiger partial charge in [-0.1, -0.05) is 117 Å². The number of ether oxygens (including phenoxy) is 1. The van der Waals surface area contributed by atoms with Gasteiger partial charge in [-0.15, -0.1) is 0 Å². The first-order valence-corrected chi connectivity index (χ1v) is 15.8. The molecule has 4 aromatic carbocycles. The monoisotopic (exact) mass is 607 g/mol. The van der Waals surface area contributed by atoms with Crippen LogP contribution in [0.2, 0.25) is 0 Å². The second kappa shape index (κ2) is 15.9. The van der Waals surface area contributed by atoms with E-state index < -0.39 is 23.8 Å². The minimum atomic E-state index is -0.951. The van der Waals surface area contributed by atoms with Gasteiger partial charge in [0.05, 0.1) is 0 Å². The molecule has 0 heterocycles. The average Bonchev–Trinajstić information content (AvgIpc) is 3.02. The summed E-state index contributed by atoms with van der Waals surface area (Å²) in [6.07, 6.45) is 3.26. The molecule has 0 aromatic heterocycles. The SMILES string of the molecule is CCCCCCN(C(=O)C(Cc1ccccc1)NC(=O)OC(C)(C)C)C(C(=O)Nc1ccc2ccccc2c1)c1ccccc1. The van der Waals surface area contributed by atoms with Gasteiger partial charge >= 0.3 is 6.09 Å². The van der Waals surface area contributed by atoms with E-state index in [4.69, 9.17) is 4.74 Å². The van der Waals surface area contributed by atoms with E-state index in [1.807, 2.05) is 103 Å². The Bertz CT molecular complexity index is 1550. The molecule has 0 saturated carbocycles. The molecule has 2 atom stereocenters. The molecule has 236 valence electrons. The Morgan fingerprint density at radius 3 is 2.09 bits per heavy atom. The molecular weight excluding hydrogens is 562 g/mol. The molecule has 2 N–H and O–H groups in total. The van der Waals surface area contributed by atoms with Crippen LogP contribution in [0.5, 0.6) is 0 Å². The lowest BCUT2D eigenvalue weighted by Crippen LogP contribution is -2.53. The van der Waals surface area contributed by atoms with Crippen LogP contribution < -0.4 is 10.6 Å². The molecule has 0 aliphatic rings. The molecule has 0 radical (unpaired) electrons. The van der Waals surface area contributed by atoms with Crippen LogP contribution in [-0.4, -0.2) is 41.0 Å². The summed E-state index contributed by atoms with van der Waals surface area (Å²) in [6.45, 7) is 7.83. The Morgan fingerprint density at radius 2 is 1.42 bits per heavy atom. The standard InChI is InChI=1S/C38H45N3O4/c1-5-6-7-16-25-41(36(43)33(26-28-17-10-8-11-18-28)40-37(44)45-38(2,3)4)34(30-20-12-9-13-21-30)35(42)39-32-24-23-29-19-14-15-22-31(29)27-32/h8-15,17-24,27,33-34H,5-7,16,25-26H2,1-4H3,(H,39,42)(H,40,44). The van der Waals surface area contributed by atoms with Crippen molar-refractivity contribution in [2.45, 2.75) is 77.5 Å². The van der Waals surface area contributed by atoms with E-state index in [0.29, 0.717) is 17.8 Å². The summed E-state index contributed by atoms with van der Waals surface area (Å²) in [6, 6.07) is 30.8. The van der Waals surface area contributed by atoms with Crippen molar-refractivity contribution in [1.82, 2.24) is 10.2 Å². The number of fused-ring (bicyclic) bond motifs is 1. The molecule has 4 aromatic rings. The third-order valence-corrected chi connectivity index (χ3v) is 7.50. The van der Waals surface area contributed by atoms with Crippen LogP contribution in [0, 0.1) is 0 Å². The molecule has 0 aliphatic carbocycles. The molecule has 0 bridgehead atoms. The molecule has 4 rings (SSSR count). The number of nitrogens with zero attached hydrogens (tertiary/aromatic N) is 1. The van der Waals surface area contributed by atoms with Gasteiger partial charge in [-0.25, -0.2) is 4.79 Å². The van der Waals surface area contributed by atoms with E-state index >= 15 is 0 Å². The second-order valence-corrected chi connectivity index (χ2v) is 12.3.